The van der Waals surface area contributed by atoms with E-state index < -0.39 is 15.7 Å². The summed E-state index contributed by atoms with van der Waals surface area (Å²) in [6, 6.07) is 5.75. The van der Waals surface area contributed by atoms with E-state index in [0.29, 0.717) is 11.7 Å². The van der Waals surface area contributed by atoms with Crippen molar-refractivity contribution in [1.29, 1.82) is 0 Å². The first-order valence-corrected chi connectivity index (χ1v) is 10.2. The fourth-order valence-corrected chi connectivity index (χ4v) is 6.77. The third kappa shape index (κ3) is 3.70. The molecule has 124 valence electrons. The predicted octanol–water partition coefficient (Wildman–Crippen LogP) is 1.66. The van der Waals surface area contributed by atoms with Gasteiger partial charge in [0, 0.05) is 11.8 Å². The lowest BCUT2D eigenvalue weighted by Gasteiger charge is -2.24. The molecule has 0 aliphatic carbocycles. The highest BCUT2D eigenvalue weighted by Crippen LogP contribution is 2.39. The van der Waals surface area contributed by atoms with Crippen molar-refractivity contribution in [2.75, 3.05) is 17.4 Å². The van der Waals surface area contributed by atoms with Crippen LogP contribution in [0.4, 0.5) is 4.39 Å². The van der Waals surface area contributed by atoms with Crippen LogP contribution in [0.2, 0.25) is 0 Å². The third-order valence-corrected chi connectivity index (χ3v) is 7.25. The lowest BCUT2D eigenvalue weighted by atomic mass is 10.1. The molecule has 1 amide bonds. The summed E-state index contributed by atoms with van der Waals surface area (Å²) in [7, 11) is -3.08. The van der Waals surface area contributed by atoms with Crippen LogP contribution in [0.3, 0.4) is 0 Å². The Hall–Kier alpha value is -1.12. The number of alkyl halides is 1. The number of amides is 1. The van der Waals surface area contributed by atoms with E-state index in [1.165, 1.54) is 23.9 Å². The predicted molar refractivity (Wildman–Crippen MR) is 88.9 cm³/mol. The third-order valence-electron chi connectivity index (χ3n) is 3.78. The Kier molecular flexibility index (Phi) is 4.66. The number of carbonyl (C=O) groups excluding carboxylic acids is 1. The van der Waals surface area contributed by atoms with Gasteiger partial charge in [0.25, 0.3) is 5.91 Å². The molecule has 5 nitrogen and oxygen atoms in total. The zero-order valence-electron chi connectivity index (χ0n) is 12.0. The number of benzene rings is 1. The highest BCUT2D eigenvalue weighted by molar-refractivity contribution is 8.15. The number of thioether (sulfide) groups is 1. The van der Waals surface area contributed by atoms with Gasteiger partial charge in [-0.2, -0.15) is 4.99 Å². The fraction of sp³-hybridized carbons (Fsp3) is 0.429. The molecule has 23 heavy (non-hydrogen) atoms. The first-order chi connectivity index (χ1) is 10.9. The minimum atomic E-state index is -3.08. The van der Waals surface area contributed by atoms with Gasteiger partial charge in [-0.15, -0.1) is 11.6 Å². The van der Waals surface area contributed by atoms with Crippen molar-refractivity contribution in [3.63, 3.8) is 0 Å². The number of fused-ring (bicyclic) bond motifs is 1. The molecule has 9 heteroatoms. The van der Waals surface area contributed by atoms with E-state index >= 15 is 0 Å². The Morgan fingerprint density at radius 1 is 1.35 bits per heavy atom. The molecular formula is C14H14ClFN2O3S2. The van der Waals surface area contributed by atoms with Crippen LogP contribution in [-0.4, -0.2) is 53.1 Å². The van der Waals surface area contributed by atoms with Crippen molar-refractivity contribution in [2.45, 2.75) is 17.8 Å². The second-order valence-electron chi connectivity index (χ2n) is 5.48. The molecule has 2 aliphatic heterocycles. The topological polar surface area (TPSA) is 66.8 Å². The average molecular weight is 377 g/mol. The van der Waals surface area contributed by atoms with Crippen LogP contribution in [0, 0.1) is 5.82 Å². The molecule has 0 radical (unpaired) electrons. The molecule has 0 aromatic heterocycles. The van der Waals surface area contributed by atoms with Gasteiger partial charge in [0.15, 0.2) is 15.0 Å². The van der Waals surface area contributed by atoms with E-state index in [1.54, 1.807) is 12.1 Å². The van der Waals surface area contributed by atoms with Crippen LogP contribution < -0.4 is 0 Å². The number of halogens is 2. The fourth-order valence-electron chi connectivity index (χ4n) is 2.74. The summed E-state index contributed by atoms with van der Waals surface area (Å²) in [6.45, 7) is 0.373. The molecule has 0 N–H and O–H groups in total. The number of hydrogen-bond acceptors (Lipinski definition) is 4. The first kappa shape index (κ1) is 16.7. The van der Waals surface area contributed by atoms with E-state index in [4.69, 9.17) is 11.6 Å². The van der Waals surface area contributed by atoms with Gasteiger partial charge in [0.05, 0.1) is 17.5 Å². The van der Waals surface area contributed by atoms with Gasteiger partial charge in [-0.05, 0) is 17.7 Å². The molecule has 2 unspecified atom stereocenters. The van der Waals surface area contributed by atoms with Crippen LogP contribution in [0.15, 0.2) is 29.3 Å². The van der Waals surface area contributed by atoms with E-state index in [9.17, 15) is 17.6 Å². The van der Waals surface area contributed by atoms with E-state index in [0.717, 1.165) is 5.56 Å². The summed E-state index contributed by atoms with van der Waals surface area (Å²) in [5, 5.41) is 0.354. The molecular weight excluding hydrogens is 363 g/mol. The summed E-state index contributed by atoms with van der Waals surface area (Å²) < 4.78 is 36.7. The van der Waals surface area contributed by atoms with Gasteiger partial charge in [0.2, 0.25) is 0 Å². The highest BCUT2D eigenvalue weighted by atomic mass is 35.5. The molecule has 3 rings (SSSR count). The number of rotatable bonds is 3. The summed E-state index contributed by atoms with van der Waals surface area (Å²) in [5.41, 5.74) is 0.822. The van der Waals surface area contributed by atoms with Gasteiger partial charge in [-0.3, -0.25) is 4.79 Å². The highest BCUT2D eigenvalue weighted by Gasteiger charge is 2.48. The number of nitrogens with zero attached hydrogens (tertiary/aromatic N) is 2. The summed E-state index contributed by atoms with van der Waals surface area (Å²) in [4.78, 5) is 17.3. The van der Waals surface area contributed by atoms with Crippen molar-refractivity contribution in [3.05, 3.63) is 35.6 Å². The molecule has 2 saturated heterocycles. The Labute approximate surface area is 142 Å². The van der Waals surface area contributed by atoms with Crippen molar-refractivity contribution in [1.82, 2.24) is 4.90 Å². The second-order valence-corrected chi connectivity index (χ2v) is 9.10. The van der Waals surface area contributed by atoms with Crippen LogP contribution >= 0.6 is 23.4 Å². The van der Waals surface area contributed by atoms with Crippen molar-refractivity contribution in [3.8, 4) is 0 Å². The molecule has 0 saturated carbocycles. The van der Waals surface area contributed by atoms with Gasteiger partial charge < -0.3 is 4.90 Å². The Morgan fingerprint density at radius 2 is 2.04 bits per heavy atom. The Balaban J connectivity index is 1.88. The minimum Gasteiger partial charge on any atom is -0.342 e. The van der Waals surface area contributed by atoms with Crippen molar-refractivity contribution in [2.24, 2.45) is 4.99 Å². The molecule has 2 aliphatic rings. The summed E-state index contributed by atoms with van der Waals surface area (Å²) in [6.07, 6.45) is 0. The number of amidine groups is 1. The number of hydrogen-bond donors (Lipinski definition) is 0. The van der Waals surface area contributed by atoms with Crippen LogP contribution in [0.25, 0.3) is 0 Å². The number of sulfone groups is 1. The van der Waals surface area contributed by atoms with Crippen LogP contribution in [-0.2, 0) is 21.2 Å². The van der Waals surface area contributed by atoms with E-state index in [1.807, 2.05) is 4.90 Å². The Bertz CT molecular complexity index is 752. The average Bonchev–Trinajstić information content (AvgIpc) is 2.94. The normalized spacial score (nSPS) is 27.4. The smallest absolute Gasteiger partial charge is 0.262 e. The first-order valence-electron chi connectivity index (χ1n) is 6.93. The molecule has 0 bridgehead atoms. The second kappa shape index (κ2) is 6.41. The van der Waals surface area contributed by atoms with Crippen LogP contribution in [0.1, 0.15) is 5.56 Å². The number of carbonyl (C=O) groups is 1. The maximum atomic E-state index is 13.0. The summed E-state index contributed by atoms with van der Waals surface area (Å²) >= 11 is 6.80. The van der Waals surface area contributed by atoms with Gasteiger partial charge in [-0.25, -0.2) is 12.8 Å². The maximum absolute atomic E-state index is 13.0. The monoisotopic (exact) mass is 376 g/mol. The standard InChI is InChI=1S/C14H14ClFN2O3S2/c15-5-13(19)17-14-18(6-9-1-3-10(16)4-2-9)11-7-23(20,21)8-12(11)22-14/h1-4,11-12H,5-8H2. The Morgan fingerprint density at radius 3 is 2.70 bits per heavy atom. The molecule has 2 fully saturated rings. The summed E-state index contributed by atoms with van der Waals surface area (Å²) in [5.74, 6) is -0.892. The number of aliphatic imine (C=N–C) groups is 1. The molecule has 2 atom stereocenters. The minimum absolute atomic E-state index is 0.0416. The van der Waals surface area contributed by atoms with Gasteiger partial charge in [0.1, 0.15) is 11.7 Å². The molecule has 1 aromatic rings. The SMILES string of the molecule is O=C(CCl)N=C1SC2CS(=O)(=O)CC2N1Cc1ccc(F)cc1. The quantitative estimate of drug-likeness (QED) is 0.750. The molecule has 2 heterocycles. The van der Waals surface area contributed by atoms with E-state index in [-0.39, 0.29) is 34.5 Å². The van der Waals surface area contributed by atoms with E-state index in [2.05, 4.69) is 4.99 Å². The maximum Gasteiger partial charge on any atom is 0.262 e. The molecule has 1 aromatic carbocycles. The largest absolute Gasteiger partial charge is 0.342 e. The van der Waals surface area contributed by atoms with Crippen molar-refractivity contribution >= 4 is 44.3 Å². The van der Waals surface area contributed by atoms with Crippen LogP contribution in [0.5, 0.6) is 0 Å². The lowest BCUT2D eigenvalue weighted by Crippen LogP contribution is -2.37. The van der Waals surface area contributed by atoms with Gasteiger partial charge >= 0.3 is 0 Å². The zero-order chi connectivity index (χ0) is 16.6. The lowest BCUT2D eigenvalue weighted by molar-refractivity contribution is -0.115. The zero-order valence-corrected chi connectivity index (χ0v) is 14.4. The van der Waals surface area contributed by atoms with Crippen molar-refractivity contribution < 1.29 is 17.6 Å². The van der Waals surface area contributed by atoms with Gasteiger partial charge in [-0.1, -0.05) is 23.9 Å². The molecule has 0 spiro atoms.